The summed E-state index contributed by atoms with van der Waals surface area (Å²) in [6.45, 7) is 8.03. The number of halogens is 1. The van der Waals surface area contributed by atoms with E-state index in [0.717, 1.165) is 28.2 Å². The van der Waals surface area contributed by atoms with E-state index < -0.39 is 0 Å². The molecule has 1 heterocycles. The topological polar surface area (TPSA) is 59.8 Å². The summed E-state index contributed by atoms with van der Waals surface area (Å²) in [7, 11) is 0. The first kappa shape index (κ1) is 18.1. The third kappa shape index (κ3) is 3.48. The number of rotatable bonds is 4. The van der Waals surface area contributed by atoms with E-state index in [2.05, 4.69) is 15.6 Å². The summed E-state index contributed by atoms with van der Waals surface area (Å²) in [5, 5.41) is 12.0. The standard InChI is InChI=1S/C20H21ClN4O/c1-12(2)19-18(20(26)22-17-7-5-6-13(3)14(17)4)23-24-25(19)16-10-8-15(21)9-11-16/h5-12H,1-4H3,(H,22,26). The molecule has 0 aliphatic rings. The van der Waals surface area contributed by atoms with Gasteiger partial charge in [-0.05, 0) is 61.2 Å². The maximum absolute atomic E-state index is 12.9. The fourth-order valence-corrected chi connectivity index (χ4v) is 2.94. The van der Waals surface area contributed by atoms with E-state index in [-0.39, 0.29) is 11.8 Å². The van der Waals surface area contributed by atoms with Crippen LogP contribution in [0.4, 0.5) is 5.69 Å². The monoisotopic (exact) mass is 368 g/mol. The molecule has 3 aromatic rings. The molecule has 1 N–H and O–H groups in total. The summed E-state index contributed by atoms with van der Waals surface area (Å²) in [6.07, 6.45) is 0. The smallest absolute Gasteiger partial charge is 0.278 e. The Hall–Kier alpha value is -2.66. The SMILES string of the molecule is Cc1cccc(NC(=O)c2nnn(-c3ccc(Cl)cc3)c2C(C)C)c1C. The van der Waals surface area contributed by atoms with Gasteiger partial charge in [0.15, 0.2) is 5.69 Å². The minimum absolute atomic E-state index is 0.0695. The van der Waals surface area contributed by atoms with E-state index in [1.807, 2.05) is 58.0 Å². The van der Waals surface area contributed by atoms with Gasteiger partial charge in [0.25, 0.3) is 5.91 Å². The molecule has 0 spiro atoms. The zero-order chi connectivity index (χ0) is 18.8. The van der Waals surface area contributed by atoms with Gasteiger partial charge in [0.2, 0.25) is 0 Å². The van der Waals surface area contributed by atoms with Crippen LogP contribution in [0.15, 0.2) is 42.5 Å². The van der Waals surface area contributed by atoms with E-state index in [4.69, 9.17) is 11.6 Å². The van der Waals surface area contributed by atoms with Crippen LogP contribution < -0.4 is 5.32 Å². The summed E-state index contributed by atoms with van der Waals surface area (Å²) < 4.78 is 1.69. The van der Waals surface area contributed by atoms with Crippen molar-refractivity contribution in [3.63, 3.8) is 0 Å². The van der Waals surface area contributed by atoms with E-state index >= 15 is 0 Å². The molecule has 1 amide bonds. The zero-order valence-corrected chi connectivity index (χ0v) is 16.0. The highest BCUT2D eigenvalue weighted by molar-refractivity contribution is 6.30. The minimum atomic E-state index is -0.261. The summed E-state index contributed by atoms with van der Waals surface area (Å²) >= 11 is 5.97. The molecule has 0 unspecified atom stereocenters. The lowest BCUT2D eigenvalue weighted by Crippen LogP contribution is -2.17. The highest BCUT2D eigenvalue weighted by atomic mass is 35.5. The summed E-state index contributed by atoms with van der Waals surface area (Å²) in [6, 6.07) is 13.1. The Morgan fingerprint density at radius 3 is 2.46 bits per heavy atom. The van der Waals surface area contributed by atoms with Gasteiger partial charge in [-0.15, -0.1) is 5.10 Å². The zero-order valence-electron chi connectivity index (χ0n) is 15.2. The van der Waals surface area contributed by atoms with Crippen LogP contribution in [0, 0.1) is 13.8 Å². The lowest BCUT2D eigenvalue weighted by atomic mass is 10.1. The molecule has 5 nitrogen and oxygen atoms in total. The molecule has 2 aromatic carbocycles. The van der Waals surface area contributed by atoms with Crippen molar-refractivity contribution in [1.82, 2.24) is 15.0 Å². The maximum atomic E-state index is 12.9. The van der Waals surface area contributed by atoms with Gasteiger partial charge in [-0.25, -0.2) is 4.68 Å². The van der Waals surface area contributed by atoms with Gasteiger partial charge in [-0.2, -0.15) is 0 Å². The quantitative estimate of drug-likeness (QED) is 0.711. The van der Waals surface area contributed by atoms with E-state index in [0.29, 0.717) is 10.7 Å². The Bertz CT molecular complexity index is 945. The summed E-state index contributed by atoms with van der Waals surface area (Å²) in [5.41, 5.74) is 4.85. The minimum Gasteiger partial charge on any atom is -0.320 e. The maximum Gasteiger partial charge on any atom is 0.278 e. The lowest BCUT2D eigenvalue weighted by molar-refractivity contribution is 0.102. The molecule has 0 radical (unpaired) electrons. The van der Waals surface area contributed by atoms with Crippen molar-refractivity contribution in [2.75, 3.05) is 5.32 Å². The number of amides is 1. The molecule has 3 rings (SSSR count). The van der Waals surface area contributed by atoms with Crippen molar-refractivity contribution in [3.05, 3.63) is 70.0 Å². The summed E-state index contributed by atoms with van der Waals surface area (Å²) in [5.74, 6) is -0.192. The average molecular weight is 369 g/mol. The Morgan fingerprint density at radius 1 is 1.12 bits per heavy atom. The highest BCUT2D eigenvalue weighted by Gasteiger charge is 2.23. The van der Waals surface area contributed by atoms with Gasteiger partial charge >= 0.3 is 0 Å². The highest BCUT2D eigenvalue weighted by Crippen LogP contribution is 2.24. The number of anilines is 1. The number of nitrogens with zero attached hydrogens (tertiary/aromatic N) is 3. The summed E-state index contributed by atoms with van der Waals surface area (Å²) in [4.78, 5) is 12.9. The van der Waals surface area contributed by atoms with Crippen LogP contribution in [0.3, 0.4) is 0 Å². The van der Waals surface area contributed by atoms with Crippen molar-refractivity contribution in [2.24, 2.45) is 0 Å². The largest absolute Gasteiger partial charge is 0.320 e. The van der Waals surface area contributed by atoms with Crippen LogP contribution in [0.5, 0.6) is 0 Å². The second kappa shape index (κ2) is 7.30. The molecule has 0 saturated carbocycles. The lowest BCUT2D eigenvalue weighted by Gasteiger charge is -2.13. The number of carbonyl (C=O) groups is 1. The van der Waals surface area contributed by atoms with Gasteiger partial charge in [0.1, 0.15) is 0 Å². The van der Waals surface area contributed by atoms with Crippen LogP contribution in [-0.2, 0) is 0 Å². The number of aromatic nitrogens is 3. The molecule has 0 bridgehead atoms. The number of benzene rings is 2. The molecular formula is C20H21ClN4O. The first-order valence-electron chi connectivity index (χ1n) is 8.47. The third-order valence-corrected chi connectivity index (χ3v) is 4.64. The molecule has 0 aliphatic carbocycles. The Labute approximate surface area is 158 Å². The fraction of sp³-hybridized carbons (Fsp3) is 0.250. The van der Waals surface area contributed by atoms with Gasteiger partial charge in [0.05, 0.1) is 11.4 Å². The third-order valence-electron chi connectivity index (χ3n) is 4.39. The fourth-order valence-electron chi connectivity index (χ4n) is 2.81. The molecule has 0 aliphatic heterocycles. The normalized spacial score (nSPS) is 11.0. The number of aryl methyl sites for hydroxylation is 1. The first-order valence-corrected chi connectivity index (χ1v) is 8.85. The van der Waals surface area contributed by atoms with Crippen LogP contribution in [0.2, 0.25) is 5.02 Å². The Balaban J connectivity index is 1.98. The number of carbonyl (C=O) groups excluding carboxylic acids is 1. The second-order valence-electron chi connectivity index (χ2n) is 6.57. The van der Waals surface area contributed by atoms with Crippen molar-refractivity contribution >= 4 is 23.2 Å². The van der Waals surface area contributed by atoms with E-state index in [1.165, 1.54) is 0 Å². The Kier molecular flexibility index (Phi) is 5.09. The average Bonchev–Trinajstić information content (AvgIpc) is 3.05. The molecule has 26 heavy (non-hydrogen) atoms. The van der Waals surface area contributed by atoms with Crippen LogP contribution >= 0.6 is 11.6 Å². The van der Waals surface area contributed by atoms with Crippen molar-refractivity contribution in [1.29, 1.82) is 0 Å². The molecule has 134 valence electrons. The van der Waals surface area contributed by atoms with Crippen molar-refractivity contribution in [3.8, 4) is 5.69 Å². The van der Waals surface area contributed by atoms with E-state index in [9.17, 15) is 4.79 Å². The van der Waals surface area contributed by atoms with Gasteiger partial charge in [-0.1, -0.05) is 42.8 Å². The predicted octanol–water partition coefficient (Wildman–Crippen LogP) is 4.91. The van der Waals surface area contributed by atoms with Gasteiger partial charge in [0, 0.05) is 10.7 Å². The number of nitrogens with one attached hydrogen (secondary N) is 1. The number of hydrogen-bond acceptors (Lipinski definition) is 3. The van der Waals surface area contributed by atoms with Crippen molar-refractivity contribution < 1.29 is 4.79 Å². The van der Waals surface area contributed by atoms with Gasteiger partial charge < -0.3 is 5.32 Å². The molecular weight excluding hydrogens is 348 g/mol. The van der Waals surface area contributed by atoms with Crippen molar-refractivity contribution in [2.45, 2.75) is 33.6 Å². The van der Waals surface area contributed by atoms with Gasteiger partial charge in [-0.3, -0.25) is 4.79 Å². The molecule has 1 aromatic heterocycles. The van der Waals surface area contributed by atoms with Crippen LogP contribution in [-0.4, -0.2) is 20.9 Å². The molecule has 0 atom stereocenters. The molecule has 0 saturated heterocycles. The molecule has 0 fully saturated rings. The predicted molar refractivity (Wildman–Crippen MR) is 104 cm³/mol. The first-order chi connectivity index (χ1) is 12.4. The second-order valence-corrected chi connectivity index (χ2v) is 7.00. The van der Waals surface area contributed by atoms with Crippen LogP contribution in [0.1, 0.15) is 47.1 Å². The van der Waals surface area contributed by atoms with E-state index in [1.54, 1.807) is 16.8 Å². The molecule has 6 heteroatoms. The number of hydrogen-bond donors (Lipinski definition) is 1. The van der Waals surface area contributed by atoms with Crippen LogP contribution in [0.25, 0.3) is 5.69 Å². The Morgan fingerprint density at radius 2 is 1.81 bits per heavy atom.